The zero-order chi connectivity index (χ0) is 24.1. The highest BCUT2D eigenvalue weighted by Gasteiger charge is 2.24. The lowest BCUT2D eigenvalue weighted by Gasteiger charge is -2.27. The van der Waals surface area contributed by atoms with Gasteiger partial charge in [0.15, 0.2) is 0 Å². The predicted molar refractivity (Wildman–Crippen MR) is 126 cm³/mol. The number of carbonyl (C=O) groups is 4. The summed E-state index contributed by atoms with van der Waals surface area (Å²) in [6.07, 6.45) is 0.425. The van der Waals surface area contributed by atoms with Crippen LogP contribution in [0.4, 0.5) is 11.4 Å². The fourth-order valence-electron chi connectivity index (χ4n) is 3.29. The molecular weight excluding hydrogens is 456 g/mol. The Morgan fingerprint density at radius 1 is 1.12 bits per heavy atom. The number of thiazole rings is 1. The van der Waals surface area contributed by atoms with E-state index in [2.05, 4.69) is 15.7 Å². The normalized spacial score (nSPS) is 13.4. The maximum absolute atomic E-state index is 12.4. The molecule has 0 unspecified atom stereocenters. The lowest BCUT2D eigenvalue weighted by Crippen LogP contribution is -2.50. The van der Waals surface area contributed by atoms with Crippen LogP contribution in [0.1, 0.15) is 39.5 Å². The van der Waals surface area contributed by atoms with E-state index >= 15 is 0 Å². The molecule has 0 spiro atoms. The van der Waals surface area contributed by atoms with Crippen LogP contribution in [0, 0.1) is 6.92 Å². The SMILES string of the molecule is Cc1ccccc1NC(=O)Cc1nc(COC(=O)c2ccc(N3NC(=O)CCC3=O)cc2)cs1. The van der Waals surface area contributed by atoms with E-state index in [1.807, 2.05) is 31.2 Å². The number of anilines is 2. The first-order valence-corrected chi connectivity index (χ1v) is 11.5. The molecule has 2 aromatic carbocycles. The third-order valence-electron chi connectivity index (χ3n) is 5.09. The molecular formula is C24H22N4O5S. The second kappa shape index (κ2) is 10.3. The molecule has 34 heavy (non-hydrogen) atoms. The summed E-state index contributed by atoms with van der Waals surface area (Å²) in [6.45, 7) is 1.89. The van der Waals surface area contributed by atoms with Gasteiger partial charge in [0.25, 0.3) is 0 Å². The van der Waals surface area contributed by atoms with Crippen LogP contribution >= 0.6 is 11.3 Å². The average molecular weight is 479 g/mol. The Morgan fingerprint density at radius 3 is 2.65 bits per heavy atom. The Balaban J connectivity index is 1.29. The summed E-state index contributed by atoms with van der Waals surface area (Å²) < 4.78 is 5.32. The van der Waals surface area contributed by atoms with Gasteiger partial charge in [0.2, 0.25) is 17.7 Å². The van der Waals surface area contributed by atoms with Crippen molar-refractivity contribution in [2.75, 3.05) is 10.3 Å². The van der Waals surface area contributed by atoms with Gasteiger partial charge in [0.1, 0.15) is 11.6 Å². The molecule has 2 heterocycles. The Morgan fingerprint density at radius 2 is 1.88 bits per heavy atom. The van der Waals surface area contributed by atoms with Crippen LogP contribution < -0.4 is 15.8 Å². The van der Waals surface area contributed by atoms with Crippen LogP contribution in [0.3, 0.4) is 0 Å². The number of amides is 3. The number of ether oxygens (including phenoxy) is 1. The summed E-state index contributed by atoms with van der Waals surface area (Å²) in [6, 6.07) is 13.7. The molecule has 174 valence electrons. The van der Waals surface area contributed by atoms with Crippen LogP contribution in [-0.4, -0.2) is 28.7 Å². The molecule has 9 nitrogen and oxygen atoms in total. The first-order chi connectivity index (χ1) is 16.4. The molecule has 2 N–H and O–H groups in total. The third-order valence-corrected chi connectivity index (χ3v) is 5.99. The van der Waals surface area contributed by atoms with Crippen molar-refractivity contribution >= 4 is 46.4 Å². The summed E-state index contributed by atoms with van der Waals surface area (Å²) in [5.74, 6) is -1.18. The molecule has 3 amide bonds. The highest BCUT2D eigenvalue weighted by molar-refractivity contribution is 7.09. The van der Waals surface area contributed by atoms with E-state index in [0.29, 0.717) is 22.0 Å². The Labute approximate surface area is 199 Å². The highest BCUT2D eigenvalue weighted by Crippen LogP contribution is 2.19. The Hall–Kier alpha value is -4.05. The number of aromatic nitrogens is 1. The van der Waals surface area contributed by atoms with Crippen LogP contribution in [0.15, 0.2) is 53.9 Å². The Kier molecular flexibility index (Phi) is 6.98. The van der Waals surface area contributed by atoms with Crippen LogP contribution in [-0.2, 0) is 32.1 Å². The topological polar surface area (TPSA) is 118 Å². The van der Waals surface area contributed by atoms with Crippen molar-refractivity contribution in [1.82, 2.24) is 10.4 Å². The average Bonchev–Trinajstić information content (AvgIpc) is 3.27. The molecule has 1 aliphatic rings. The largest absolute Gasteiger partial charge is 0.456 e. The number of hydrogen-bond donors (Lipinski definition) is 2. The molecule has 0 radical (unpaired) electrons. The van der Waals surface area contributed by atoms with Crippen molar-refractivity contribution in [2.24, 2.45) is 0 Å². The standard InChI is InChI=1S/C24H22N4O5S/c1-15-4-2-3-5-19(15)26-21(30)12-22-25-17(14-34-22)13-33-24(32)16-6-8-18(9-7-16)28-23(31)11-10-20(29)27-28/h2-9,14H,10-13H2,1H3,(H,26,30)(H,27,29). The number of para-hydroxylation sites is 1. The van der Waals surface area contributed by atoms with Crippen molar-refractivity contribution in [3.63, 3.8) is 0 Å². The summed E-state index contributed by atoms with van der Waals surface area (Å²) in [5.41, 5.74) is 5.55. The van der Waals surface area contributed by atoms with Crippen molar-refractivity contribution < 1.29 is 23.9 Å². The van der Waals surface area contributed by atoms with Gasteiger partial charge < -0.3 is 10.1 Å². The number of hydrogen-bond acceptors (Lipinski definition) is 7. The zero-order valence-electron chi connectivity index (χ0n) is 18.4. The number of benzene rings is 2. The molecule has 0 atom stereocenters. The van der Waals surface area contributed by atoms with E-state index in [9.17, 15) is 19.2 Å². The van der Waals surface area contributed by atoms with Crippen molar-refractivity contribution in [2.45, 2.75) is 32.8 Å². The van der Waals surface area contributed by atoms with Crippen molar-refractivity contribution in [1.29, 1.82) is 0 Å². The molecule has 3 aromatic rings. The van der Waals surface area contributed by atoms with Gasteiger partial charge in [-0.2, -0.15) is 0 Å². The van der Waals surface area contributed by atoms with Crippen LogP contribution in [0.5, 0.6) is 0 Å². The maximum Gasteiger partial charge on any atom is 0.338 e. The summed E-state index contributed by atoms with van der Waals surface area (Å²) in [7, 11) is 0. The molecule has 0 aliphatic carbocycles. The first kappa shape index (κ1) is 23.1. The minimum Gasteiger partial charge on any atom is -0.456 e. The lowest BCUT2D eigenvalue weighted by atomic mass is 10.2. The number of esters is 1. The van der Waals surface area contributed by atoms with Crippen LogP contribution in [0.25, 0.3) is 0 Å². The fraction of sp³-hybridized carbons (Fsp3) is 0.208. The van der Waals surface area contributed by atoms with Gasteiger partial charge in [-0.05, 0) is 42.8 Å². The van der Waals surface area contributed by atoms with Gasteiger partial charge in [0, 0.05) is 23.9 Å². The van der Waals surface area contributed by atoms with E-state index in [1.54, 1.807) is 17.5 Å². The molecule has 10 heteroatoms. The monoisotopic (exact) mass is 478 g/mol. The van der Waals surface area contributed by atoms with E-state index in [1.165, 1.54) is 28.5 Å². The minimum absolute atomic E-state index is 0.0306. The quantitative estimate of drug-likeness (QED) is 0.504. The summed E-state index contributed by atoms with van der Waals surface area (Å²) in [4.78, 5) is 52.6. The highest BCUT2D eigenvalue weighted by atomic mass is 32.1. The van der Waals surface area contributed by atoms with Crippen molar-refractivity contribution in [3.05, 3.63) is 75.7 Å². The van der Waals surface area contributed by atoms with Gasteiger partial charge in [-0.3, -0.25) is 19.8 Å². The second-order valence-corrected chi connectivity index (χ2v) is 8.60. The number of nitrogens with one attached hydrogen (secondary N) is 2. The van der Waals surface area contributed by atoms with E-state index < -0.39 is 5.97 Å². The molecule has 1 fully saturated rings. The fourth-order valence-corrected chi connectivity index (χ4v) is 4.07. The lowest BCUT2D eigenvalue weighted by molar-refractivity contribution is -0.130. The molecule has 1 aromatic heterocycles. The zero-order valence-corrected chi connectivity index (χ0v) is 19.2. The molecule has 1 saturated heterocycles. The number of hydrazine groups is 1. The molecule has 4 rings (SSSR count). The van der Waals surface area contributed by atoms with E-state index in [0.717, 1.165) is 11.3 Å². The smallest absolute Gasteiger partial charge is 0.338 e. The molecule has 0 bridgehead atoms. The van der Waals surface area contributed by atoms with Gasteiger partial charge in [-0.15, -0.1) is 11.3 Å². The number of carbonyl (C=O) groups excluding carboxylic acids is 4. The number of aryl methyl sites for hydroxylation is 1. The summed E-state index contributed by atoms with van der Waals surface area (Å²) in [5, 5.41) is 6.41. The maximum atomic E-state index is 12.4. The Bertz CT molecular complexity index is 1240. The van der Waals surface area contributed by atoms with Crippen LogP contribution in [0.2, 0.25) is 0 Å². The summed E-state index contributed by atoms with van der Waals surface area (Å²) >= 11 is 1.32. The number of nitrogens with zero attached hydrogens (tertiary/aromatic N) is 2. The third kappa shape index (κ3) is 5.65. The van der Waals surface area contributed by atoms with Crippen molar-refractivity contribution in [3.8, 4) is 0 Å². The van der Waals surface area contributed by atoms with Gasteiger partial charge in [-0.1, -0.05) is 18.2 Å². The minimum atomic E-state index is -0.549. The predicted octanol–water partition coefficient (Wildman–Crippen LogP) is 3.15. The van der Waals surface area contributed by atoms with Gasteiger partial charge in [0.05, 0.1) is 23.4 Å². The second-order valence-electron chi connectivity index (χ2n) is 7.66. The van der Waals surface area contributed by atoms with E-state index in [4.69, 9.17) is 4.74 Å². The molecule has 0 saturated carbocycles. The van der Waals surface area contributed by atoms with E-state index in [-0.39, 0.29) is 43.6 Å². The first-order valence-electron chi connectivity index (χ1n) is 10.6. The molecule has 1 aliphatic heterocycles. The van der Waals surface area contributed by atoms with Gasteiger partial charge >= 0.3 is 5.97 Å². The number of rotatable bonds is 7. The van der Waals surface area contributed by atoms with Gasteiger partial charge in [-0.25, -0.2) is 14.8 Å².